The highest BCUT2D eigenvalue weighted by Crippen LogP contribution is 2.33. The van der Waals surface area contributed by atoms with Gasteiger partial charge in [0.1, 0.15) is 11.5 Å². The van der Waals surface area contributed by atoms with Crippen LogP contribution in [0.1, 0.15) is 61.4 Å². The summed E-state index contributed by atoms with van der Waals surface area (Å²) in [5.41, 5.74) is 1.21. The fraction of sp³-hybridized carbons (Fsp3) is 0.720. The van der Waals surface area contributed by atoms with Crippen molar-refractivity contribution in [2.75, 3.05) is 66.0 Å². The molecule has 1 N–H and O–H groups in total. The van der Waals surface area contributed by atoms with Crippen LogP contribution in [-0.4, -0.2) is 91.6 Å². The number of unbranched alkanes of at least 4 members (excludes halogenated alkanes) is 1. The van der Waals surface area contributed by atoms with Gasteiger partial charge in [0, 0.05) is 31.7 Å². The number of hydrogen-bond acceptors (Lipinski definition) is 6. The normalized spacial score (nSPS) is 18.9. The Morgan fingerprint density at radius 1 is 1.00 bits per heavy atom. The van der Waals surface area contributed by atoms with Crippen molar-refractivity contribution in [3.63, 3.8) is 0 Å². The molecule has 2 saturated heterocycles. The summed E-state index contributed by atoms with van der Waals surface area (Å²) in [5.74, 6) is 0.841. The molecule has 2 aliphatic rings. The number of carbonyl (C=O) groups excluding carboxylic acids is 1. The van der Waals surface area contributed by atoms with Crippen molar-refractivity contribution < 1.29 is 14.6 Å². The van der Waals surface area contributed by atoms with Gasteiger partial charge in [-0.15, -0.1) is 0 Å². The molecule has 174 valence electrons. The lowest BCUT2D eigenvalue weighted by Gasteiger charge is -2.31. The summed E-state index contributed by atoms with van der Waals surface area (Å²) in [6.45, 7) is 10.5. The molecule has 1 aromatic carbocycles. The zero-order valence-corrected chi connectivity index (χ0v) is 19.6. The number of piperazine rings is 1. The van der Waals surface area contributed by atoms with Gasteiger partial charge in [0.2, 0.25) is 0 Å². The molecule has 1 aromatic rings. The van der Waals surface area contributed by atoms with Crippen molar-refractivity contribution in [2.24, 2.45) is 0 Å². The Bertz CT molecular complexity index is 695. The first-order valence-corrected chi connectivity index (χ1v) is 12.2. The number of ketones is 1. The Kier molecular flexibility index (Phi) is 9.62. The first-order valence-electron chi connectivity index (χ1n) is 12.2. The molecule has 2 fully saturated rings. The molecule has 2 heterocycles. The van der Waals surface area contributed by atoms with E-state index < -0.39 is 0 Å². The van der Waals surface area contributed by atoms with Gasteiger partial charge in [0.05, 0.1) is 18.7 Å². The Morgan fingerprint density at radius 2 is 1.74 bits per heavy atom. The predicted octanol–water partition coefficient (Wildman–Crippen LogP) is 3.42. The van der Waals surface area contributed by atoms with E-state index >= 15 is 0 Å². The van der Waals surface area contributed by atoms with Gasteiger partial charge in [-0.3, -0.25) is 9.69 Å². The van der Waals surface area contributed by atoms with E-state index in [1.54, 1.807) is 6.07 Å². The Balaban J connectivity index is 1.53. The van der Waals surface area contributed by atoms with Crippen LogP contribution in [0.15, 0.2) is 12.1 Å². The maximum absolute atomic E-state index is 12.9. The van der Waals surface area contributed by atoms with E-state index in [9.17, 15) is 9.90 Å². The number of benzene rings is 1. The molecule has 0 bridgehead atoms. The largest absolute Gasteiger partial charge is 0.507 e. The van der Waals surface area contributed by atoms with Gasteiger partial charge in [-0.1, -0.05) is 19.8 Å². The molecule has 0 radical (unpaired) electrons. The molecule has 0 saturated carbocycles. The number of nitrogens with zero attached hydrogens (tertiary/aromatic N) is 3. The third-order valence-electron chi connectivity index (χ3n) is 6.58. The molecule has 0 amide bonds. The van der Waals surface area contributed by atoms with E-state index in [0.29, 0.717) is 25.1 Å². The smallest absolute Gasteiger partial charge is 0.180 e. The lowest BCUT2D eigenvalue weighted by molar-refractivity contribution is 0.0873. The van der Waals surface area contributed by atoms with E-state index in [4.69, 9.17) is 4.74 Å². The highest BCUT2D eigenvalue weighted by molar-refractivity contribution is 6.00. The van der Waals surface area contributed by atoms with Crippen LogP contribution in [0.3, 0.4) is 0 Å². The lowest BCUT2D eigenvalue weighted by atomic mass is 10.0. The molecule has 0 aliphatic carbocycles. The zero-order valence-electron chi connectivity index (χ0n) is 19.6. The van der Waals surface area contributed by atoms with E-state index in [1.165, 1.54) is 32.4 Å². The summed E-state index contributed by atoms with van der Waals surface area (Å²) < 4.78 is 6.05. The summed E-state index contributed by atoms with van der Waals surface area (Å²) in [4.78, 5) is 19.9. The van der Waals surface area contributed by atoms with Crippen LogP contribution in [0.5, 0.6) is 11.5 Å². The van der Waals surface area contributed by atoms with Crippen molar-refractivity contribution in [3.8, 4) is 11.5 Å². The minimum absolute atomic E-state index is 0.00696. The van der Waals surface area contributed by atoms with Gasteiger partial charge in [0.25, 0.3) is 0 Å². The molecule has 31 heavy (non-hydrogen) atoms. The van der Waals surface area contributed by atoms with Crippen molar-refractivity contribution in [3.05, 3.63) is 23.3 Å². The van der Waals surface area contributed by atoms with Crippen LogP contribution >= 0.6 is 0 Å². The Morgan fingerprint density at radius 3 is 2.45 bits per heavy atom. The van der Waals surface area contributed by atoms with Gasteiger partial charge in [-0.05, 0) is 70.9 Å². The first-order chi connectivity index (χ1) is 15.1. The number of hydrogen-bond donors (Lipinski definition) is 1. The third-order valence-corrected chi connectivity index (χ3v) is 6.58. The number of likely N-dealkylation sites (tertiary alicyclic amines) is 1. The van der Waals surface area contributed by atoms with E-state index in [1.807, 2.05) is 6.07 Å². The first kappa shape index (κ1) is 24.0. The Hall–Kier alpha value is -1.63. The van der Waals surface area contributed by atoms with E-state index in [2.05, 4.69) is 28.7 Å². The summed E-state index contributed by atoms with van der Waals surface area (Å²) in [7, 11) is 2.11. The van der Waals surface area contributed by atoms with Crippen LogP contribution < -0.4 is 4.74 Å². The molecule has 0 aromatic heterocycles. The molecule has 3 rings (SSSR count). The molecular weight excluding hydrogens is 390 g/mol. The second-order valence-electron chi connectivity index (χ2n) is 9.15. The standard InChI is InChI=1S/C25H41N3O3/c1-3-9-22-24(31-19-8-7-14-27-12-5-4-6-13-27)11-10-21(25(22)30)23(29)20-28-17-15-26(2)16-18-28/h10-11,30H,3-9,12-20H2,1-2H3. The van der Waals surface area contributed by atoms with E-state index in [0.717, 1.165) is 63.3 Å². The number of phenols is 1. The zero-order chi connectivity index (χ0) is 22.1. The van der Waals surface area contributed by atoms with Crippen LogP contribution in [0.4, 0.5) is 0 Å². The molecule has 0 unspecified atom stereocenters. The van der Waals surface area contributed by atoms with Gasteiger partial charge in [0.15, 0.2) is 5.78 Å². The van der Waals surface area contributed by atoms with Crippen molar-refractivity contribution in [2.45, 2.75) is 51.9 Å². The number of carbonyl (C=O) groups is 1. The van der Waals surface area contributed by atoms with Gasteiger partial charge < -0.3 is 19.6 Å². The number of Topliss-reactive ketones (excluding diaryl/α,β-unsaturated/α-hetero) is 1. The fourth-order valence-corrected chi connectivity index (χ4v) is 4.57. The van der Waals surface area contributed by atoms with Gasteiger partial charge >= 0.3 is 0 Å². The monoisotopic (exact) mass is 431 g/mol. The molecule has 0 atom stereocenters. The van der Waals surface area contributed by atoms with E-state index in [-0.39, 0.29) is 11.5 Å². The summed E-state index contributed by atoms with van der Waals surface area (Å²) in [6.07, 6.45) is 7.78. The van der Waals surface area contributed by atoms with Crippen LogP contribution in [0, 0.1) is 0 Å². The number of likely N-dealkylation sites (N-methyl/N-ethyl adjacent to an activating group) is 1. The lowest BCUT2D eigenvalue weighted by Crippen LogP contribution is -2.46. The average Bonchev–Trinajstić information content (AvgIpc) is 2.78. The fourth-order valence-electron chi connectivity index (χ4n) is 4.57. The summed E-state index contributed by atoms with van der Waals surface area (Å²) in [5, 5.41) is 10.9. The SMILES string of the molecule is CCCc1c(OCCCCN2CCCCC2)ccc(C(=O)CN2CCN(C)CC2)c1O. The summed E-state index contributed by atoms with van der Waals surface area (Å²) in [6, 6.07) is 3.63. The van der Waals surface area contributed by atoms with Crippen molar-refractivity contribution in [1.29, 1.82) is 0 Å². The average molecular weight is 432 g/mol. The number of aromatic hydroxyl groups is 1. The molecule has 6 nitrogen and oxygen atoms in total. The van der Waals surface area contributed by atoms with Crippen LogP contribution in [-0.2, 0) is 6.42 Å². The Labute approximate surface area is 188 Å². The minimum atomic E-state index is -0.00696. The predicted molar refractivity (Wildman–Crippen MR) is 125 cm³/mol. The van der Waals surface area contributed by atoms with Gasteiger partial charge in [-0.25, -0.2) is 0 Å². The second-order valence-corrected chi connectivity index (χ2v) is 9.15. The van der Waals surface area contributed by atoms with Gasteiger partial charge in [-0.2, -0.15) is 0 Å². The molecule has 0 spiro atoms. The number of ether oxygens (including phenoxy) is 1. The van der Waals surface area contributed by atoms with Crippen LogP contribution in [0.25, 0.3) is 0 Å². The molecule has 2 aliphatic heterocycles. The molecular formula is C25H41N3O3. The quantitative estimate of drug-likeness (QED) is 0.428. The molecule has 6 heteroatoms. The maximum Gasteiger partial charge on any atom is 0.180 e. The number of rotatable bonds is 11. The van der Waals surface area contributed by atoms with Crippen molar-refractivity contribution >= 4 is 5.78 Å². The topological polar surface area (TPSA) is 56.2 Å². The highest BCUT2D eigenvalue weighted by Gasteiger charge is 2.22. The number of piperidine rings is 1. The number of phenolic OH excluding ortho intramolecular Hbond substituents is 1. The summed E-state index contributed by atoms with van der Waals surface area (Å²) >= 11 is 0. The van der Waals surface area contributed by atoms with Crippen LogP contribution in [0.2, 0.25) is 0 Å². The van der Waals surface area contributed by atoms with Crippen molar-refractivity contribution in [1.82, 2.24) is 14.7 Å². The minimum Gasteiger partial charge on any atom is -0.507 e. The highest BCUT2D eigenvalue weighted by atomic mass is 16.5. The third kappa shape index (κ3) is 7.19. The second kappa shape index (κ2) is 12.4. The maximum atomic E-state index is 12.9.